The summed E-state index contributed by atoms with van der Waals surface area (Å²) in [7, 11) is -3.82. The fourth-order valence-corrected chi connectivity index (χ4v) is 3.40. The van der Waals surface area contributed by atoms with Gasteiger partial charge in [-0.15, -0.1) is 0 Å². The van der Waals surface area contributed by atoms with Crippen molar-refractivity contribution in [3.63, 3.8) is 0 Å². The van der Waals surface area contributed by atoms with Crippen molar-refractivity contribution in [2.45, 2.75) is 4.90 Å². The molecule has 0 aliphatic heterocycles. The molecule has 0 aliphatic carbocycles. The topological polar surface area (TPSA) is 147 Å². The van der Waals surface area contributed by atoms with Crippen LogP contribution in [0, 0.1) is 10.1 Å². The molecule has 0 saturated carbocycles. The number of fused-ring (bicyclic) bond motifs is 1. The third kappa shape index (κ3) is 4.27. The smallest absolute Gasteiger partial charge is 0.269 e. The van der Waals surface area contributed by atoms with Crippen molar-refractivity contribution in [2.75, 3.05) is 13.1 Å². The summed E-state index contributed by atoms with van der Waals surface area (Å²) in [5.41, 5.74) is 1.68. The van der Waals surface area contributed by atoms with Crippen molar-refractivity contribution in [3.8, 4) is 0 Å². The van der Waals surface area contributed by atoms with Crippen molar-refractivity contribution in [3.05, 3.63) is 64.5 Å². The fourth-order valence-electron chi connectivity index (χ4n) is 2.37. The van der Waals surface area contributed by atoms with Gasteiger partial charge in [0, 0.05) is 30.8 Å². The van der Waals surface area contributed by atoms with Crippen LogP contribution < -0.4 is 10.0 Å². The van der Waals surface area contributed by atoms with Gasteiger partial charge in [-0.25, -0.2) is 18.1 Å². The Morgan fingerprint density at radius 2 is 1.89 bits per heavy atom. The molecule has 11 heteroatoms. The molecule has 27 heavy (non-hydrogen) atoms. The van der Waals surface area contributed by atoms with Crippen LogP contribution in [-0.2, 0) is 10.0 Å². The molecule has 1 amide bonds. The molecule has 3 N–H and O–H groups in total. The summed E-state index contributed by atoms with van der Waals surface area (Å²) in [6.45, 7) is 0.0451. The Labute approximate surface area is 153 Å². The second-order valence-electron chi connectivity index (χ2n) is 5.54. The molecule has 0 fully saturated rings. The second-order valence-corrected chi connectivity index (χ2v) is 7.31. The van der Waals surface area contributed by atoms with E-state index >= 15 is 0 Å². The third-order valence-electron chi connectivity index (χ3n) is 3.74. The number of amides is 1. The summed E-state index contributed by atoms with van der Waals surface area (Å²) in [6.07, 6.45) is 1.53. The minimum atomic E-state index is -3.82. The Kier molecular flexibility index (Phi) is 5.14. The molecule has 0 aliphatic rings. The number of non-ortho nitro benzene ring substituents is 1. The fraction of sp³-hybridized carbons (Fsp3) is 0.125. The molecule has 10 nitrogen and oxygen atoms in total. The molecule has 0 bridgehead atoms. The Morgan fingerprint density at radius 3 is 2.59 bits per heavy atom. The molecule has 0 atom stereocenters. The summed E-state index contributed by atoms with van der Waals surface area (Å²) in [4.78, 5) is 29.0. The standard InChI is InChI=1S/C16H15N5O5S/c22-16(11-1-6-14-15(9-11)19-10-18-14)17-7-8-20-27(25,26)13-4-2-12(3-5-13)21(23)24/h1-6,9-10,20H,7-8H2,(H,17,22)(H,18,19). The quantitative estimate of drug-likeness (QED) is 0.314. The number of benzene rings is 2. The highest BCUT2D eigenvalue weighted by Gasteiger charge is 2.15. The Bertz CT molecular complexity index is 1090. The lowest BCUT2D eigenvalue weighted by Gasteiger charge is -2.08. The van der Waals surface area contributed by atoms with Crippen LogP contribution in [-0.4, -0.2) is 42.3 Å². The molecular formula is C16H15N5O5S. The number of hydrogen-bond acceptors (Lipinski definition) is 6. The highest BCUT2D eigenvalue weighted by molar-refractivity contribution is 7.89. The molecule has 2 aromatic carbocycles. The first kappa shape index (κ1) is 18.5. The zero-order valence-electron chi connectivity index (χ0n) is 13.9. The first-order chi connectivity index (χ1) is 12.9. The zero-order valence-corrected chi connectivity index (χ0v) is 14.7. The van der Waals surface area contributed by atoms with E-state index in [2.05, 4.69) is 20.0 Å². The molecule has 0 radical (unpaired) electrons. The largest absolute Gasteiger partial charge is 0.351 e. The van der Waals surface area contributed by atoms with Crippen LogP contribution in [0.1, 0.15) is 10.4 Å². The maximum atomic E-state index is 12.1. The van der Waals surface area contributed by atoms with Crippen molar-refractivity contribution in [1.29, 1.82) is 0 Å². The summed E-state index contributed by atoms with van der Waals surface area (Å²) < 4.78 is 26.6. The van der Waals surface area contributed by atoms with Crippen LogP contribution in [0.15, 0.2) is 53.7 Å². The number of rotatable bonds is 7. The van der Waals surface area contributed by atoms with E-state index in [-0.39, 0.29) is 29.6 Å². The number of nitrogens with zero attached hydrogens (tertiary/aromatic N) is 2. The van der Waals surface area contributed by atoms with Gasteiger partial charge in [0.1, 0.15) is 0 Å². The van der Waals surface area contributed by atoms with E-state index in [4.69, 9.17) is 0 Å². The lowest BCUT2D eigenvalue weighted by atomic mass is 10.2. The van der Waals surface area contributed by atoms with Crippen LogP contribution in [0.2, 0.25) is 0 Å². The molecule has 3 rings (SSSR count). The Hall–Kier alpha value is -3.31. The predicted octanol–water partition coefficient (Wildman–Crippen LogP) is 1.18. The number of nitro groups is 1. The number of nitrogens with one attached hydrogen (secondary N) is 3. The van der Waals surface area contributed by atoms with Crippen LogP contribution in [0.3, 0.4) is 0 Å². The van der Waals surface area contributed by atoms with Crippen LogP contribution in [0.4, 0.5) is 5.69 Å². The summed E-state index contributed by atoms with van der Waals surface area (Å²) in [5, 5.41) is 13.2. The van der Waals surface area contributed by atoms with Crippen molar-refractivity contribution in [1.82, 2.24) is 20.0 Å². The maximum Gasteiger partial charge on any atom is 0.269 e. The van der Waals surface area contributed by atoms with E-state index in [0.717, 1.165) is 35.3 Å². The van der Waals surface area contributed by atoms with Crippen molar-refractivity contribution in [2.24, 2.45) is 0 Å². The monoisotopic (exact) mass is 389 g/mol. The lowest BCUT2D eigenvalue weighted by Crippen LogP contribution is -2.34. The van der Waals surface area contributed by atoms with Gasteiger partial charge in [-0.2, -0.15) is 0 Å². The molecular weight excluding hydrogens is 374 g/mol. The van der Waals surface area contributed by atoms with Gasteiger partial charge in [-0.05, 0) is 30.3 Å². The maximum absolute atomic E-state index is 12.1. The van der Waals surface area contributed by atoms with E-state index in [9.17, 15) is 23.3 Å². The SMILES string of the molecule is O=C(NCCNS(=O)(=O)c1ccc([N+](=O)[O-])cc1)c1ccc2nc[nH]c2c1. The minimum absolute atomic E-state index is 0.0304. The summed E-state index contributed by atoms with van der Waals surface area (Å²) in [5.74, 6) is -0.346. The average Bonchev–Trinajstić information content (AvgIpc) is 3.13. The number of aromatic amines is 1. The van der Waals surface area contributed by atoms with Crippen LogP contribution >= 0.6 is 0 Å². The number of carbonyl (C=O) groups excluding carboxylic acids is 1. The van der Waals surface area contributed by atoms with Gasteiger partial charge in [0.2, 0.25) is 10.0 Å². The Balaban J connectivity index is 1.54. The van der Waals surface area contributed by atoms with E-state index in [0.29, 0.717) is 5.56 Å². The van der Waals surface area contributed by atoms with Gasteiger partial charge in [-0.3, -0.25) is 14.9 Å². The van der Waals surface area contributed by atoms with E-state index in [1.807, 2.05) is 0 Å². The highest BCUT2D eigenvalue weighted by atomic mass is 32.2. The van der Waals surface area contributed by atoms with Gasteiger partial charge in [0.25, 0.3) is 11.6 Å². The molecule has 3 aromatic rings. The number of nitro benzene ring substituents is 1. The second kappa shape index (κ2) is 7.51. The van der Waals surface area contributed by atoms with E-state index in [1.54, 1.807) is 18.2 Å². The first-order valence-corrected chi connectivity index (χ1v) is 9.30. The van der Waals surface area contributed by atoms with E-state index in [1.165, 1.54) is 6.33 Å². The molecule has 140 valence electrons. The highest BCUT2D eigenvalue weighted by Crippen LogP contribution is 2.15. The molecule has 1 heterocycles. The van der Waals surface area contributed by atoms with Gasteiger partial charge in [0.05, 0.1) is 27.2 Å². The van der Waals surface area contributed by atoms with Crippen molar-refractivity contribution >= 4 is 32.7 Å². The number of imidazole rings is 1. The number of H-pyrrole nitrogens is 1. The number of sulfonamides is 1. The molecule has 0 saturated heterocycles. The van der Waals surface area contributed by atoms with Gasteiger partial charge in [0.15, 0.2) is 0 Å². The van der Waals surface area contributed by atoms with Gasteiger partial charge < -0.3 is 10.3 Å². The summed E-state index contributed by atoms with van der Waals surface area (Å²) >= 11 is 0. The third-order valence-corrected chi connectivity index (χ3v) is 5.22. The van der Waals surface area contributed by atoms with Crippen LogP contribution in [0.25, 0.3) is 11.0 Å². The predicted molar refractivity (Wildman–Crippen MR) is 96.7 cm³/mol. The van der Waals surface area contributed by atoms with Gasteiger partial charge >= 0.3 is 0 Å². The van der Waals surface area contributed by atoms with Gasteiger partial charge in [-0.1, -0.05) is 0 Å². The zero-order chi connectivity index (χ0) is 19.4. The normalized spacial score (nSPS) is 11.4. The van der Waals surface area contributed by atoms with Crippen molar-refractivity contribution < 1.29 is 18.1 Å². The average molecular weight is 389 g/mol. The van der Waals surface area contributed by atoms with Crippen LogP contribution in [0.5, 0.6) is 0 Å². The molecule has 0 spiro atoms. The summed E-state index contributed by atoms with van der Waals surface area (Å²) in [6, 6.07) is 9.51. The molecule has 0 unspecified atom stereocenters. The minimum Gasteiger partial charge on any atom is -0.351 e. The first-order valence-electron chi connectivity index (χ1n) is 7.82. The lowest BCUT2D eigenvalue weighted by molar-refractivity contribution is -0.384. The molecule has 1 aromatic heterocycles. The number of hydrogen-bond donors (Lipinski definition) is 3. The Morgan fingerprint density at radius 1 is 1.15 bits per heavy atom. The number of aromatic nitrogens is 2. The number of carbonyl (C=O) groups is 1. The van der Waals surface area contributed by atoms with E-state index < -0.39 is 14.9 Å².